The molecule has 0 fully saturated rings. The smallest absolute Gasteiger partial charge is 0.125 e. The van der Waals surface area contributed by atoms with Gasteiger partial charge in [-0.1, -0.05) is 19.9 Å². The zero-order chi connectivity index (χ0) is 14.6. The van der Waals surface area contributed by atoms with Crippen LogP contribution in [0.5, 0.6) is 0 Å². The summed E-state index contributed by atoms with van der Waals surface area (Å²) in [6, 6.07) is 4.86. The molecule has 1 aromatic carbocycles. The lowest BCUT2D eigenvalue weighted by molar-refractivity contribution is 0.121. The predicted octanol–water partition coefficient (Wildman–Crippen LogP) is 2.56. The van der Waals surface area contributed by atoms with E-state index in [1.807, 2.05) is 39.8 Å². The van der Waals surface area contributed by atoms with Crippen LogP contribution in [-0.4, -0.2) is 31.9 Å². The van der Waals surface area contributed by atoms with E-state index in [2.05, 4.69) is 5.32 Å². The second-order valence-electron chi connectivity index (χ2n) is 5.54. The monoisotopic (exact) mass is 268 g/mol. The van der Waals surface area contributed by atoms with Gasteiger partial charge >= 0.3 is 0 Å². The molecule has 0 amide bonds. The summed E-state index contributed by atoms with van der Waals surface area (Å²) in [5.74, 6) is -0.0110. The molecule has 0 radical (unpaired) electrons. The van der Waals surface area contributed by atoms with Crippen LogP contribution in [0, 0.1) is 11.7 Å². The number of hydrogen-bond acceptors (Lipinski definition) is 3. The van der Waals surface area contributed by atoms with Crippen LogP contribution in [0.1, 0.15) is 32.4 Å². The Bertz CT molecular complexity index is 407. The van der Waals surface area contributed by atoms with Crippen molar-refractivity contribution in [2.45, 2.75) is 32.9 Å². The van der Waals surface area contributed by atoms with Gasteiger partial charge in [0.1, 0.15) is 5.82 Å². The minimum Gasteiger partial charge on any atom is -0.392 e. The molecule has 0 spiro atoms. The number of anilines is 1. The maximum Gasteiger partial charge on any atom is 0.125 e. The molecule has 0 saturated carbocycles. The van der Waals surface area contributed by atoms with Crippen LogP contribution in [0.4, 0.5) is 10.1 Å². The van der Waals surface area contributed by atoms with E-state index >= 15 is 0 Å². The van der Waals surface area contributed by atoms with E-state index in [4.69, 9.17) is 0 Å². The summed E-state index contributed by atoms with van der Waals surface area (Å²) >= 11 is 0. The zero-order valence-corrected chi connectivity index (χ0v) is 12.4. The molecule has 1 aromatic rings. The number of nitrogens with one attached hydrogen (secondary N) is 1. The molecule has 2 unspecified atom stereocenters. The Labute approximate surface area is 115 Å². The second kappa shape index (κ2) is 6.87. The number of benzene rings is 1. The van der Waals surface area contributed by atoms with Crippen molar-refractivity contribution in [3.05, 3.63) is 29.6 Å². The van der Waals surface area contributed by atoms with Crippen LogP contribution in [0.15, 0.2) is 18.2 Å². The van der Waals surface area contributed by atoms with Crippen molar-refractivity contribution < 1.29 is 9.50 Å². The van der Waals surface area contributed by atoms with E-state index in [-0.39, 0.29) is 23.9 Å². The molecule has 108 valence electrons. The van der Waals surface area contributed by atoms with Crippen molar-refractivity contribution in [3.8, 4) is 0 Å². The molecular weight excluding hydrogens is 243 g/mol. The minimum absolute atomic E-state index is 0.0615. The van der Waals surface area contributed by atoms with Crippen molar-refractivity contribution in [1.29, 1.82) is 0 Å². The van der Waals surface area contributed by atoms with E-state index < -0.39 is 0 Å². The highest BCUT2D eigenvalue weighted by Gasteiger charge is 2.15. The topological polar surface area (TPSA) is 35.5 Å². The van der Waals surface area contributed by atoms with Crippen LogP contribution in [0.3, 0.4) is 0 Å². The largest absolute Gasteiger partial charge is 0.392 e. The van der Waals surface area contributed by atoms with Crippen LogP contribution in [0.2, 0.25) is 0 Å². The summed E-state index contributed by atoms with van der Waals surface area (Å²) in [6.45, 7) is 6.52. The first-order valence-corrected chi connectivity index (χ1v) is 6.71. The number of halogens is 1. The first kappa shape index (κ1) is 15.9. The van der Waals surface area contributed by atoms with Crippen molar-refractivity contribution >= 4 is 5.69 Å². The third-order valence-electron chi connectivity index (χ3n) is 3.34. The van der Waals surface area contributed by atoms with Crippen molar-refractivity contribution in [3.63, 3.8) is 0 Å². The molecule has 4 heteroatoms. The molecule has 0 aromatic heterocycles. The second-order valence-corrected chi connectivity index (χ2v) is 5.54. The van der Waals surface area contributed by atoms with Crippen LogP contribution in [0.25, 0.3) is 0 Å². The number of nitrogens with zero attached hydrogens (tertiary/aromatic N) is 1. The third-order valence-corrected chi connectivity index (χ3v) is 3.34. The molecule has 2 atom stereocenters. The van der Waals surface area contributed by atoms with Crippen molar-refractivity contribution in [2.24, 2.45) is 5.92 Å². The third kappa shape index (κ3) is 4.48. The highest BCUT2D eigenvalue weighted by molar-refractivity contribution is 5.54. The highest BCUT2D eigenvalue weighted by atomic mass is 19.1. The van der Waals surface area contributed by atoms with E-state index in [9.17, 15) is 9.50 Å². The molecule has 0 saturated heterocycles. The summed E-state index contributed by atoms with van der Waals surface area (Å²) < 4.78 is 13.3. The van der Waals surface area contributed by atoms with Gasteiger partial charge in [-0.05, 0) is 30.5 Å². The Balaban J connectivity index is 2.79. The van der Waals surface area contributed by atoms with Gasteiger partial charge in [0.2, 0.25) is 0 Å². The first-order chi connectivity index (χ1) is 8.82. The van der Waals surface area contributed by atoms with E-state index in [1.165, 1.54) is 12.1 Å². The predicted molar refractivity (Wildman–Crippen MR) is 78.0 cm³/mol. The molecule has 0 aliphatic heterocycles. The fourth-order valence-corrected chi connectivity index (χ4v) is 1.91. The molecule has 0 heterocycles. The Morgan fingerprint density at radius 1 is 1.26 bits per heavy atom. The van der Waals surface area contributed by atoms with Gasteiger partial charge in [-0.25, -0.2) is 4.39 Å². The molecule has 0 bridgehead atoms. The molecule has 0 aliphatic rings. The molecular formula is C15H25FN2O. The van der Waals surface area contributed by atoms with E-state index in [1.54, 1.807) is 6.07 Å². The maximum absolute atomic E-state index is 13.3. The van der Waals surface area contributed by atoms with Gasteiger partial charge in [0.05, 0.1) is 6.10 Å². The summed E-state index contributed by atoms with van der Waals surface area (Å²) in [6.07, 6.45) is -0.370. The lowest BCUT2D eigenvalue weighted by Crippen LogP contribution is -2.32. The number of rotatable bonds is 6. The average Bonchev–Trinajstić information content (AvgIpc) is 2.35. The standard InChI is InChI=1S/C15H25FN2O/c1-10(2)15(19)9-17-11(3)13-7-6-12(16)8-14(13)18(4)5/h6-8,10-11,15,17,19H,9H2,1-5H3. The molecule has 3 nitrogen and oxygen atoms in total. The maximum atomic E-state index is 13.3. The van der Waals surface area contributed by atoms with Gasteiger partial charge in [0.25, 0.3) is 0 Å². The van der Waals surface area contributed by atoms with Gasteiger partial charge in [-0.15, -0.1) is 0 Å². The number of aliphatic hydroxyl groups excluding tert-OH is 1. The zero-order valence-electron chi connectivity index (χ0n) is 12.4. The Morgan fingerprint density at radius 3 is 2.42 bits per heavy atom. The van der Waals surface area contributed by atoms with Crippen molar-refractivity contribution in [2.75, 3.05) is 25.5 Å². The SMILES string of the molecule is CC(NCC(O)C(C)C)c1ccc(F)cc1N(C)C. The minimum atomic E-state index is -0.370. The summed E-state index contributed by atoms with van der Waals surface area (Å²) in [5, 5.41) is 13.1. The van der Waals surface area contributed by atoms with Gasteiger partial charge in [0, 0.05) is 32.4 Å². The van der Waals surface area contributed by atoms with E-state index in [0.29, 0.717) is 6.54 Å². The van der Waals surface area contributed by atoms with Crippen LogP contribution in [-0.2, 0) is 0 Å². The van der Waals surface area contributed by atoms with Crippen molar-refractivity contribution in [1.82, 2.24) is 5.32 Å². The molecule has 0 aliphatic carbocycles. The fraction of sp³-hybridized carbons (Fsp3) is 0.600. The summed E-state index contributed by atoms with van der Waals surface area (Å²) in [7, 11) is 3.79. The molecule has 1 rings (SSSR count). The van der Waals surface area contributed by atoms with Gasteiger partial charge in [-0.2, -0.15) is 0 Å². The van der Waals surface area contributed by atoms with Crippen LogP contribution < -0.4 is 10.2 Å². The summed E-state index contributed by atoms with van der Waals surface area (Å²) in [4.78, 5) is 1.90. The lowest BCUT2D eigenvalue weighted by Gasteiger charge is -2.24. The average molecular weight is 268 g/mol. The summed E-state index contributed by atoms with van der Waals surface area (Å²) in [5.41, 5.74) is 1.89. The quantitative estimate of drug-likeness (QED) is 0.832. The van der Waals surface area contributed by atoms with Gasteiger partial charge < -0.3 is 15.3 Å². The van der Waals surface area contributed by atoms with Gasteiger partial charge in [0.15, 0.2) is 0 Å². The van der Waals surface area contributed by atoms with E-state index in [0.717, 1.165) is 11.3 Å². The highest BCUT2D eigenvalue weighted by Crippen LogP contribution is 2.26. The molecule has 19 heavy (non-hydrogen) atoms. The Hall–Kier alpha value is -1.13. The number of aliphatic hydroxyl groups is 1. The number of hydrogen-bond donors (Lipinski definition) is 2. The fourth-order valence-electron chi connectivity index (χ4n) is 1.91. The molecule has 2 N–H and O–H groups in total. The van der Waals surface area contributed by atoms with Crippen LogP contribution >= 0.6 is 0 Å². The Morgan fingerprint density at radius 2 is 1.89 bits per heavy atom. The lowest BCUT2D eigenvalue weighted by atomic mass is 10.0. The van der Waals surface area contributed by atoms with Gasteiger partial charge in [-0.3, -0.25) is 0 Å². The Kier molecular flexibility index (Phi) is 5.76. The first-order valence-electron chi connectivity index (χ1n) is 6.71. The normalized spacial score (nSPS) is 14.5.